The molecule has 1 aliphatic carbocycles. The van der Waals surface area contributed by atoms with E-state index in [2.05, 4.69) is 4.72 Å². The number of carbonyl (C=O) groups is 1. The average molecular weight is 480 g/mol. The van der Waals surface area contributed by atoms with Gasteiger partial charge in [0.05, 0.1) is 11.3 Å². The lowest BCUT2D eigenvalue weighted by Crippen LogP contribution is -2.30. The van der Waals surface area contributed by atoms with Crippen LogP contribution in [0.4, 0.5) is 4.39 Å². The number of hydrogen-bond acceptors (Lipinski definition) is 4. The third-order valence-electron chi connectivity index (χ3n) is 5.34. The summed E-state index contributed by atoms with van der Waals surface area (Å²) in [6.07, 6.45) is 5.60. The Bertz CT molecular complexity index is 1370. The van der Waals surface area contributed by atoms with Crippen LogP contribution in [0, 0.1) is 12.7 Å². The molecule has 168 valence electrons. The van der Waals surface area contributed by atoms with Crippen molar-refractivity contribution in [1.29, 1.82) is 0 Å². The summed E-state index contributed by atoms with van der Waals surface area (Å²) in [5.74, 6) is -1.10. The summed E-state index contributed by atoms with van der Waals surface area (Å²) in [7, 11) is -3.99. The highest BCUT2D eigenvalue weighted by atomic mass is 32.2. The minimum atomic E-state index is -3.99. The Morgan fingerprint density at radius 3 is 2.36 bits per heavy atom. The number of allylic oxidation sites excluding steroid dienone is 2. The topological polar surface area (TPSA) is 63.2 Å². The molecule has 1 amide bonds. The fraction of sp³-hybridized carbons (Fsp3) is 0.115. The summed E-state index contributed by atoms with van der Waals surface area (Å²) in [4.78, 5) is 13.8. The molecule has 4 rings (SSSR count). The number of nitrogens with one attached hydrogen (secondary N) is 1. The highest BCUT2D eigenvalue weighted by Gasteiger charge is 2.24. The zero-order chi connectivity index (χ0) is 23.6. The van der Waals surface area contributed by atoms with Crippen molar-refractivity contribution in [2.45, 2.75) is 23.1 Å². The Balaban J connectivity index is 1.60. The Labute approximate surface area is 197 Å². The molecule has 0 fully saturated rings. The van der Waals surface area contributed by atoms with Crippen LogP contribution in [0.15, 0.2) is 82.6 Å². The second-order valence-corrected chi connectivity index (χ2v) is 10.3. The average Bonchev–Trinajstić information content (AvgIpc) is 3.10. The molecule has 33 heavy (non-hydrogen) atoms. The number of aryl methyl sites for hydroxylation is 1. The highest BCUT2D eigenvalue weighted by molar-refractivity contribution is 7.98. The molecule has 1 N–H and O–H groups in total. The fourth-order valence-corrected chi connectivity index (χ4v) is 5.05. The summed E-state index contributed by atoms with van der Waals surface area (Å²) in [6, 6.07) is 18.7. The van der Waals surface area contributed by atoms with E-state index in [0.29, 0.717) is 11.1 Å². The summed E-state index contributed by atoms with van der Waals surface area (Å²) in [5, 5.41) is 0. The smallest absolute Gasteiger partial charge is 0.264 e. The van der Waals surface area contributed by atoms with Gasteiger partial charge in [0.25, 0.3) is 10.0 Å². The molecular formula is C26H22FNO3S2. The van der Waals surface area contributed by atoms with Gasteiger partial charge >= 0.3 is 0 Å². The van der Waals surface area contributed by atoms with Crippen molar-refractivity contribution in [2.75, 3.05) is 6.26 Å². The van der Waals surface area contributed by atoms with Gasteiger partial charge < -0.3 is 0 Å². The third kappa shape index (κ3) is 5.26. The minimum Gasteiger partial charge on any atom is -0.274 e. The van der Waals surface area contributed by atoms with Gasteiger partial charge in [0.1, 0.15) is 5.82 Å². The monoisotopic (exact) mass is 479 g/mol. The van der Waals surface area contributed by atoms with Gasteiger partial charge in [-0.05, 0) is 89.6 Å². The van der Waals surface area contributed by atoms with E-state index in [4.69, 9.17) is 0 Å². The number of benzene rings is 3. The molecule has 1 aliphatic rings. The molecule has 0 unspecified atom stereocenters. The van der Waals surface area contributed by atoms with Crippen LogP contribution in [0.5, 0.6) is 0 Å². The third-order valence-corrected chi connectivity index (χ3v) is 7.47. The molecular weight excluding hydrogens is 457 g/mol. The van der Waals surface area contributed by atoms with E-state index in [9.17, 15) is 17.6 Å². The lowest BCUT2D eigenvalue weighted by molar-refractivity contribution is -0.118. The number of rotatable bonds is 6. The van der Waals surface area contributed by atoms with Crippen LogP contribution < -0.4 is 4.72 Å². The maximum Gasteiger partial charge on any atom is 0.264 e. The van der Waals surface area contributed by atoms with Crippen LogP contribution in [0.25, 0.3) is 17.2 Å². The normalized spacial score (nSPS) is 14.2. The first-order valence-corrected chi connectivity index (χ1v) is 12.9. The molecule has 7 heteroatoms. The first kappa shape index (κ1) is 23.0. The van der Waals surface area contributed by atoms with Crippen LogP contribution in [0.1, 0.15) is 28.7 Å². The van der Waals surface area contributed by atoms with Gasteiger partial charge in [-0.25, -0.2) is 17.5 Å². The van der Waals surface area contributed by atoms with Gasteiger partial charge in [0.2, 0.25) is 5.91 Å². The van der Waals surface area contributed by atoms with E-state index >= 15 is 0 Å². The second-order valence-electron chi connectivity index (χ2n) is 7.75. The van der Waals surface area contributed by atoms with Crippen LogP contribution >= 0.6 is 11.8 Å². The number of sulfonamides is 1. The van der Waals surface area contributed by atoms with Crippen molar-refractivity contribution in [3.63, 3.8) is 0 Å². The molecule has 0 atom stereocenters. The zero-order valence-electron chi connectivity index (χ0n) is 18.1. The number of halogens is 1. The largest absolute Gasteiger partial charge is 0.274 e. The Morgan fingerprint density at radius 2 is 1.70 bits per heavy atom. The maximum absolute atomic E-state index is 14.0. The van der Waals surface area contributed by atoms with E-state index in [1.807, 2.05) is 49.6 Å². The molecule has 0 saturated heterocycles. The number of fused-ring (bicyclic) bond motifs is 1. The molecule has 3 aromatic carbocycles. The van der Waals surface area contributed by atoms with Crippen LogP contribution in [-0.2, 0) is 14.8 Å². The molecule has 0 saturated carbocycles. The van der Waals surface area contributed by atoms with E-state index in [0.717, 1.165) is 27.2 Å². The quantitative estimate of drug-likeness (QED) is 0.462. The van der Waals surface area contributed by atoms with Crippen molar-refractivity contribution < 1.29 is 17.6 Å². The molecule has 0 spiro atoms. The van der Waals surface area contributed by atoms with Crippen LogP contribution in [-0.4, -0.2) is 20.6 Å². The van der Waals surface area contributed by atoms with E-state index < -0.39 is 21.7 Å². The summed E-state index contributed by atoms with van der Waals surface area (Å²) in [5.41, 5.74) is 4.68. The van der Waals surface area contributed by atoms with E-state index in [-0.39, 0.29) is 11.3 Å². The molecule has 4 nitrogen and oxygen atoms in total. The number of hydrogen-bond donors (Lipinski definition) is 1. The summed E-state index contributed by atoms with van der Waals surface area (Å²) in [6.45, 7) is 1.85. The summed E-state index contributed by atoms with van der Waals surface area (Å²) < 4.78 is 41.2. The predicted octanol–water partition coefficient (Wildman–Crippen LogP) is 5.69. The summed E-state index contributed by atoms with van der Waals surface area (Å²) >= 11 is 1.65. The van der Waals surface area contributed by atoms with Gasteiger partial charge in [0, 0.05) is 4.90 Å². The molecule has 3 aromatic rings. The first-order valence-electron chi connectivity index (χ1n) is 10.2. The molecule has 0 radical (unpaired) electrons. The van der Waals surface area contributed by atoms with Gasteiger partial charge in [-0.2, -0.15) is 0 Å². The Hall–Kier alpha value is -3.16. The van der Waals surface area contributed by atoms with Crippen molar-refractivity contribution in [3.05, 3.63) is 101 Å². The lowest BCUT2D eigenvalue weighted by Gasteiger charge is -2.09. The molecule has 0 bridgehead atoms. The SMILES string of the molecule is CSc1ccc(/C=C2\C=C(CC(=O)NS(=O)(=O)c3ccc(C)cc3)c3cc(F)ccc32)cc1. The maximum atomic E-state index is 14.0. The minimum absolute atomic E-state index is 0.0163. The second kappa shape index (κ2) is 9.37. The molecule has 0 aromatic heterocycles. The van der Waals surface area contributed by atoms with Gasteiger partial charge in [0.15, 0.2) is 0 Å². The number of thioether (sulfide) groups is 1. The lowest BCUT2D eigenvalue weighted by atomic mass is 10.0. The van der Waals surface area contributed by atoms with Crippen LogP contribution in [0.2, 0.25) is 0 Å². The van der Waals surface area contributed by atoms with Crippen molar-refractivity contribution in [1.82, 2.24) is 4.72 Å². The van der Waals surface area contributed by atoms with E-state index in [1.54, 1.807) is 30.0 Å². The fourth-order valence-electron chi connectivity index (χ4n) is 3.66. The Morgan fingerprint density at radius 1 is 1.00 bits per heavy atom. The van der Waals surface area contributed by atoms with Gasteiger partial charge in [-0.3, -0.25) is 4.79 Å². The predicted molar refractivity (Wildman–Crippen MR) is 132 cm³/mol. The Kier molecular flexibility index (Phi) is 6.54. The van der Waals surface area contributed by atoms with Gasteiger partial charge in [-0.15, -0.1) is 11.8 Å². The van der Waals surface area contributed by atoms with Crippen LogP contribution in [0.3, 0.4) is 0 Å². The van der Waals surface area contributed by atoms with Gasteiger partial charge in [-0.1, -0.05) is 35.9 Å². The van der Waals surface area contributed by atoms with Crippen molar-refractivity contribution >= 4 is 44.9 Å². The standard InChI is InChI=1S/C26H22FNO3S2/c1-17-3-10-23(11-4-17)33(30,31)28-26(29)15-20-14-19(24-12-7-21(27)16-25(20)24)13-18-5-8-22(32-2)9-6-18/h3-14,16H,15H2,1-2H3,(H,28,29)/b19-13+. The zero-order valence-corrected chi connectivity index (χ0v) is 19.8. The number of amides is 1. The van der Waals surface area contributed by atoms with Crippen molar-refractivity contribution in [3.8, 4) is 0 Å². The highest BCUT2D eigenvalue weighted by Crippen LogP contribution is 2.38. The number of carbonyl (C=O) groups excluding carboxylic acids is 1. The first-order chi connectivity index (χ1) is 15.7. The van der Waals surface area contributed by atoms with Crippen molar-refractivity contribution in [2.24, 2.45) is 0 Å². The molecule has 0 aliphatic heterocycles. The molecule has 0 heterocycles. The van der Waals surface area contributed by atoms with E-state index in [1.165, 1.54) is 24.3 Å².